The first-order chi connectivity index (χ1) is 9.69. The fourth-order valence-corrected chi connectivity index (χ4v) is 3.41. The third kappa shape index (κ3) is 2.93. The Labute approximate surface area is 129 Å². The van der Waals surface area contributed by atoms with Crippen LogP contribution in [0.15, 0.2) is 29.2 Å². The van der Waals surface area contributed by atoms with Gasteiger partial charge in [0, 0.05) is 24.2 Å². The number of ether oxygens (including phenoxy) is 2. The van der Waals surface area contributed by atoms with Crippen molar-refractivity contribution in [2.45, 2.75) is 43.8 Å². The van der Waals surface area contributed by atoms with E-state index in [2.05, 4.69) is 0 Å². The topological polar surface area (TPSA) is 52.6 Å². The number of carbonyl (C=O) groups is 2. The second-order valence-electron chi connectivity index (χ2n) is 6.10. The summed E-state index contributed by atoms with van der Waals surface area (Å²) in [5.74, 6) is -3.21. The van der Waals surface area contributed by atoms with Crippen molar-refractivity contribution in [2.24, 2.45) is 5.92 Å². The van der Waals surface area contributed by atoms with Gasteiger partial charge < -0.3 is 9.47 Å². The zero-order valence-corrected chi connectivity index (χ0v) is 13.7. The molecule has 0 amide bonds. The second kappa shape index (κ2) is 5.37. The summed E-state index contributed by atoms with van der Waals surface area (Å²) in [5.41, 5.74) is 0.237. The van der Waals surface area contributed by atoms with Gasteiger partial charge in [-0.1, -0.05) is 32.0 Å². The van der Waals surface area contributed by atoms with Crippen LogP contribution < -0.4 is 0 Å². The number of carbonyl (C=O) groups excluding carboxylic acids is 2. The zero-order chi connectivity index (χ0) is 15.8. The maximum atomic E-state index is 12.3. The number of hydrogen-bond acceptors (Lipinski definition) is 5. The van der Waals surface area contributed by atoms with E-state index in [0.717, 1.165) is 10.5 Å². The average Bonchev–Trinajstić information content (AvgIpc) is 2.35. The van der Waals surface area contributed by atoms with Crippen molar-refractivity contribution >= 4 is 23.7 Å². The van der Waals surface area contributed by atoms with Crippen LogP contribution in [0.1, 0.15) is 33.3 Å². The highest BCUT2D eigenvalue weighted by atomic mass is 32.2. The second-order valence-corrected chi connectivity index (χ2v) is 6.95. The van der Waals surface area contributed by atoms with E-state index >= 15 is 0 Å². The van der Waals surface area contributed by atoms with Crippen LogP contribution in [-0.2, 0) is 24.5 Å². The summed E-state index contributed by atoms with van der Waals surface area (Å²) in [7, 11) is 0. The molecule has 0 atom stereocenters. The van der Waals surface area contributed by atoms with Crippen LogP contribution in [0.5, 0.6) is 0 Å². The van der Waals surface area contributed by atoms with E-state index in [0.29, 0.717) is 0 Å². The van der Waals surface area contributed by atoms with Crippen LogP contribution in [0.2, 0.25) is 0 Å². The van der Waals surface area contributed by atoms with Crippen molar-refractivity contribution in [1.82, 2.24) is 0 Å². The number of hydrogen-bond donors (Lipinski definition) is 0. The van der Waals surface area contributed by atoms with E-state index < -0.39 is 29.1 Å². The van der Waals surface area contributed by atoms with Gasteiger partial charge in [0.1, 0.15) is 0 Å². The molecule has 0 bridgehead atoms. The van der Waals surface area contributed by atoms with Gasteiger partial charge >= 0.3 is 11.9 Å². The summed E-state index contributed by atoms with van der Waals surface area (Å²) in [5, 5.41) is 0. The Hall–Kier alpha value is -1.49. The fraction of sp³-hybridized carbons (Fsp3) is 0.500. The van der Waals surface area contributed by atoms with Crippen LogP contribution in [0.25, 0.3) is 0 Å². The lowest BCUT2D eigenvalue weighted by Gasteiger charge is -2.40. The van der Waals surface area contributed by atoms with Crippen molar-refractivity contribution in [3.63, 3.8) is 0 Å². The van der Waals surface area contributed by atoms with Crippen LogP contribution in [-0.4, -0.2) is 24.0 Å². The predicted octanol–water partition coefficient (Wildman–Crippen LogP) is 3.14. The fourth-order valence-electron chi connectivity index (χ4n) is 2.64. The molecule has 1 aromatic carbocycles. The molecular weight excluding hydrogens is 288 g/mol. The van der Waals surface area contributed by atoms with Gasteiger partial charge in [-0.2, -0.15) is 0 Å². The summed E-state index contributed by atoms with van der Waals surface area (Å²) in [6, 6.07) is 7.75. The molecule has 0 N–H and O–H groups in total. The van der Waals surface area contributed by atoms with E-state index in [1.54, 1.807) is 25.6 Å². The van der Waals surface area contributed by atoms with Gasteiger partial charge in [-0.05, 0) is 17.9 Å². The minimum atomic E-state index is -1.19. The monoisotopic (exact) mass is 308 g/mol. The van der Waals surface area contributed by atoms with E-state index in [4.69, 9.17) is 9.47 Å². The van der Waals surface area contributed by atoms with Gasteiger partial charge in [-0.25, -0.2) is 0 Å². The van der Waals surface area contributed by atoms with Gasteiger partial charge in [-0.15, -0.1) is 11.8 Å². The zero-order valence-electron chi connectivity index (χ0n) is 12.9. The van der Waals surface area contributed by atoms with Gasteiger partial charge in [0.25, 0.3) is 5.79 Å². The quantitative estimate of drug-likeness (QED) is 0.488. The van der Waals surface area contributed by atoms with Crippen LogP contribution >= 0.6 is 11.8 Å². The largest absolute Gasteiger partial charge is 0.422 e. The average molecular weight is 308 g/mol. The smallest absolute Gasteiger partial charge is 0.324 e. The molecule has 1 aliphatic rings. The number of rotatable bonds is 3. The standard InChI is InChI=1S/C16H20O4S/c1-15(2,10-8-6-7-9-11(10)21-5)12-13(17)19-16(3,4)20-14(12)18/h6-9,12H,1-5H3. The highest BCUT2D eigenvalue weighted by Crippen LogP contribution is 2.41. The molecule has 21 heavy (non-hydrogen) atoms. The summed E-state index contributed by atoms with van der Waals surface area (Å²) in [6.07, 6.45) is 1.97. The Morgan fingerprint density at radius 2 is 1.62 bits per heavy atom. The van der Waals surface area contributed by atoms with Crippen molar-refractivity contribution in [2.75, 3.05) is 6.26 Å². The van der Waals surface area contributed by atoms with Crippen molar-refractivity contribution in [1.29, 1.82) is 0 Å². The number of thioether (sulfide) groups is 1. The molecule has 1 heterocycles. The molecule has 1 saturated heterocycles. The highest BCUT2D eigenvalue weighted by molar-refractivity contribution is 7.98. The molecule has 2 rings (SSSR count). The van der Waals surface area contributed by atoms with Crippen LogP contribution in [0, 0.1) is 5.92 Å². The molecule has 1 aromatic rings. The van der Waals surface area contributed by atoms with Gasteiger partial charge in [0.05, 0.1) is 0 Å². The minimum Gasteiger partial charge on any atom is -0.422 e. The summed E-state index contributed by atoms with van der Waals surface area (Å²) >= 11 is 1.58. The predicted molar refractivity (Wildman–Crippen MR) is 81.0 cm³/mol. The Morgan fingerprint density at radius 1 is 1.10 bits per heavy atom. The summed E-state index contributed by atoms with van der Waals surface area (Å²) in [4.78, 5) is 25.7. The van der Waals surface area contributed by atoms with Gasteiger partial charge in [-0.3, -0.25) is 9.59 Å². The number of benzene rings is 1. The molecule has 0 spiro atoms. The number of esters is 2. The van der Waals surface area contributed by atoms with E-state index in [1.807, 2.05) is 44.4 Å². The van der Waals surface area contributed by atoms with E-state index in [9.17, 15) is 9.59 Å². The first-order valence-electron chi connectivity index (χ1n) is 6.78. The lowest BCUT2D eigenvalue weighted by Crippen LogP contribution is -2.52. The molecule has 0 aromatic heterocycles. The molecule has 1 fully saturated rings. The maximum Gasteiger partial charge on any atom is 0.324 e. The first kappa shape index (κ1) is 15.9. The molecule has 5 heteroatoms. The van der Waals surface area contributed by atoms with Crippen molar-refractivity contribution < 1.29 is 19.1 Å². The Morgan fingerprint density at radius 3 is 2.14 bits per heavy atom. The van der Waals surface area contributed by atoms with Gasteiger partial charge in [0.2, 0.25) is 0 Å². The molecule has 0 radical (unpaired) electrons. The molecule has 0 saturated carbocycles. The SMILES string of the molecule is CSc1ccccc1C(C)(C)C1C(=O)OC(C)(C)OC1=O. The molecular formula is C16H20O4S. The molecule has 1 aliphatic heterocycles. The van der Waals surface area contributed by atoms with Crippen LogP contribution in [0.3, 0.4) is 0 Å². The number of cyclic esters (lactones) is 2. The van der Waals surface area contributed by atoms with Crippen molar-refractivity contribution in [3.8, 4) is 0 Å². The third-order valence-electron chi connectivity index (χ3n) is 3.69. The first-order valence-corrected chi connectivity index (χ1v) is 8.01. The van der Waals surface area contributed by atoms with Crippen LogP contribution in [0.4, 0.5) is 0 Å². The normalized spacial score (nSPS) is 19.1. The Balaban J connectivity index is 2.44. The van der Waals surface area contributed by atoms with Crippen molar-refractivity contribution in [3.05, 3.63) is 29.8 Å². The van der Waals surface area contributed by atoms with E-state index in [-0.39, 0.29) is 0 Å². The summed E-state index contributed by atoms with van der Waals surface area (Å²) < 4.78 is 10.5. The molecule has 114 valence electrons. The maximum absolute atomic E-state index is 12.3. The molecule has 0 unspecified atom stereocenters. The highest BCUT2D eigenvalue weighted by Gasteiger charge is 2.51. The molecule has 4 nitrogen and oxygen atoms in total. The minimum absolute atomic E-state index is 0.530. The molecule has 0 aliphatic carbocycles. The Bertz CT molecular complexity index is 557. The Kier molecular flexibility index (Phi) is 4.06. The third-order valence-corrected chi connectivity index (χ3v) is 4.48. The lowest BCUT2D eigenvalue weighted by molar-refractivity contribution is -0.243. The lowest BCUT2D eigenvalue weighted by atomic mass is 9.73. The summed E-state index contributed by atoms with van der Waals surface area (Å²) in [6.45, 7) is 6.85. The van der Waals surface area contributed by atoms with Gasteiger partial charge in [0.15, 0.2) is 5.92 Å². The van der Waals surface area contributed by atoms with E-state index in [1.165, 1.54) is 0 Å².